The minimum Gasteiger partial charge on any atom is -0.339 e. The summed E-state index contributed by atoms with van der Waals surface area (Å²) in [5, 5.41) is 2.85. The Bertz CT molecular complexity index is 338. The van der Waals surface area contributed by atoms with E-state index in [2.05, 4.69) is 5.32 Å². The van der Waals surface area contributed by atoms with Crippen LogP contribution < -0.4 is 5.32 Å². The zero-order valence-electron chi connectivity index (χ0n) is 6.13. The topological polar surface area (TPSA) is 12.0 Å². The number of thiocarbonyl (C=S) groups is 1. The van der Waals surface area contributed by atoms with E-state index in [9.17, 15) is 4.39 Å². The van der Waals surface area contributed by atoms with Crippen molar-refractivity contribution in [2.75, 3.05) is 5.32 Å². The molecule has 0 aliphatic carbocycles. The first-order valence-electron chi connectivity index (χ1n) is 3.48. The number of halogens is 1. The van der Waals surface area contributed by atoms with Gasteiger partial charge in [0.05, 0.1) is 5.69 Å². The van der Waals surface area contributed by atoms with Crippen molar-refractivity contribution in [3.63, 3.8) is 0 Å². The predicted octanol–water partition coefficient (Wildman–Crippen LogP) is 2.77. The molecule has 0 bridgehead atoms. The maximum Gasteiger partial charge on any atom is 0.146 e. The molecule has 0 atom stereocenters. The van der Waals surface area contributed by atoms with Gasteiger partial charge in [-0.1, -0.05) is 36.1 Å². The number of nitrogens with one attached hydrogen (secondary N) is 1. The minimum absolute atomic E-state index is 0.227. The molecule has 0 aromatic heterocycles. The van der Waals surface area contributed by atoms with E-state index < -0.39 is 0 Å². The fourth-order valence-corrected chi connectivity index (χ4v) is 2.09. The average Bonchev–Trinajstić information content (AvgIpc) is 2.07. The van der Waals surface area contributed by atoms with Crippen molar-refractivity contribution in [2.45, 2.75) is 5.75 Å². The Hall–Kier alpha value is -0.610. The van der Waals surface area contributed by atoms with Crippen LogP contribution in [-0.2, 0) is 5.75 Å². The summed E-state index contributed by atoms with van der Waals surface area (Å²) in [5.74, 6) is 0.536. The van der Waals surface area contributed by atoms with Crippen molar-refractivity contribution in [2.24, 2.45) is 0 Å². The third-order valence-corrected chi connectivity index (χ3v) is 2.96. The van der Waals surface area contributed by atoms with Gasteiger partial charge in [0, 0.05) is 5.75 Å². The predicted molar refractivity (Wildman–Crippen MR) is 53.9 cm³/mol. The maximum absolute atomic E-state index is 13.1. The second-order valence-corrected chi connectivity index (χ2v) is 4.13. The van der Waals surface area contributed by atoms with E-state index in [-0.39, 0.29) is 5.82 Å². The van der Waals surface area contributed by atoms with Gasteiger partial charge in [-0.3, -0.25) is 0 Å². The van der Waals surface area contributed by atoms with Crippen LogP contribution in [0.4, 0.5) is 10.1 Å². The number of anilines is 1. The fraction of sp³-hybridized carbons (Fsp3) is 0.125. The summed E-state index contributed by atoms with van der Waals surface area (Å²) in [6, 6.07) is 5.05. The van der Waals surface area contributed by atoms with Gasteiger partial charge >= 0.3 is 0 Å². The highest BCUT2D eigenvalue weighted by Crippen LogP contribution is 2.30. The number of thioether (sulfide) groups is 1. The molecule has 2 rings (SSSR count). The molecule has 1 nitrogen and oxygen atoms in total. The van der Waals surface area contributed by atoms with Crippen LogP contribution in [0.3, 0.4) is 0 Å². The summed E-state index contributed by atoms with van der Waals surface area (Å²) in [5.41, 5.74) is 1.52. The lowest BCUT2D eigenvalue weighted by atomic mass is 10.2. The van der Waals surface area contributed by atoms with Crippen LogP contribution in [0.2, 0.25) is 0 Å². The van der Waals surface area contributed by atoms with Crippen LogP contribution in [0.15, 0.2) is 18.2 Å². The first-order chi connectivity index (χ1) is 5.77. The van der Waals surface area contributed by atoms with E-state index >= 15 is 0 Å². The molecule has 0 radical (unpaired) electrons. The molecule has 12 heavy (non-hydrogen) atoms. The van der Waals surface area contributed by atoms with E-state index in [1.807, 2.05) is 6.07 Å². The monoisotopic (exact) mass is 199 g/mol. The molecule has 0 saturated carbocycles. The molecule has 1 aromatic carbocycles. The molecular weight excluding hydrogens is 193 g/mol. The van der Waals surface area contributed by atoms with Crippen molar-refractivity contribution in [3.8, 4) is 0 Å². The summed E-state index contributed by atoms with van der Waals surface area (Å²) >= 11 is 6.45. The fourth-order valence-electron chi connectivity index (χ4n) is 1.11. The number of hydrogen-bond donors (Lipinski definition) is 1. The molecule has 0 spiro atoms. The molecule has 62 valence electrons. The Labute approximate surface area is 79.4 Å². The second-order valence-electron chi connectivity index (χ2n) is 2.48. The first-order valence-corrected chi connectivity index (χ1v) is 4.88. The minimum atomic E-state index is -0.227. The van der Waals surface area contributed by atoms with Crippen LogP contribution >= 0.6 is 24.0 Å². The van der Waals surface area contributed by atoms with Crippen LogP contribution in [0.1, 0.15) is 5.56 Å². The number of fused-ring (bicyclic) bond motifs is 1. The van der Waals surface area contributed by atoms with Crippen molar-refractivity contribution in [1.82, 2.24) is 0 Å². The molecule has 0 unspecified atom stereocenters. The average molecular weight is 199 g/mol. The number of benzene rings is 1. The Morgan fingerprint density at radius 1 is 1.50 bits per heavy atom. The Morgan fingerprint density at radius 2 is 2.33 bits per heavy atom. The molecule has 1 N–H and O–H groups in total. The molecule has 0 amide bonds. The lowest BCUT2D eigenvalue weighted by Crippen LogP contribution is -2.13. The van der Waals surface area contributed by atoms with Crippen LogP contribution in [0, 0.1) is 5.82 Å². The molecule has 1 aromatic rings. The standard InChI is InChI=1S/C8H6FNS2/c9-6-3-1-2-5-4-12-8(11)10-7(5)6/h1-3H,4H2,(H,10,11). The number of rotatable bonds is 0. The lowest BCUT2D eigenvalue weighted by molar-refractivity contribution is 0.631. The zero-order valence-corrected chi connectivity index (χ0v) is 7.77. The quantitative estimate of drug-likeness (QED) is 0.645. The SMILES string of the molecule is Fc1cccc2c1NC(=S)SC2. The van der Waals surface area contributed by atoms with Gasteiger partial charge in [0.15, 0.2) is 0 Å². The molecule has 1 heterocycles. The van der Waals surface area contributed by atoms with Crippen LogP contribution in [0.25, 0.3) is 0 Å². The van der Waals surface area contributed by atoms with Gasteiger partial charge in [-0.05, 0) is 11.6 Å². The van der Waals surface area contributed by atoms with Crippen molar-refractivity contribution >= 4 is 34.0 Å². The highest BCUT2D eigenvalue weighted by molar-refractivity contribution is 8.22. The lowest BCUT2D eigenvalue weighted by Gasteiger charge is -2.17. The molecule has 1 aliphatic heterocycles. The van der Waals surface area contributed by atoms with E-state index in [1.165, 1.54) is 17.8 Å². The molecular formula is C8H6FNS2. The van der Waals surface area contributed by atoms with Crippen molar-refractivity contribution in [1.29, 1.82) is 0 Å². The Morgan fingerprint density at radius 3 is 3.17 bits per heavy atom. The van der Waals surface area contributed by atoms with Gasteiger partial charge < -0.3 is 5.32 Å². The van der Waals surface area contributed by atoms with Crippen LogP contribution in [0.5, 0.6) is 0 Å². The summed E-state index contributed by atoms with van der Waals surface area (Å²) in [6.07, 6.45) is 0. The molecule has 1 aliphatic rings. The summed E-state index contributed by atoms with van der Waals surface area (Å²) < 4.78 is 13.8. The molecule has 0 fully saturated rings. The third-order valence-electron chi connectivity index (χ3n) is 1.69. The van der Waals surface area contributed by atoms with Gasteiger partial charge in [-0.25, -0.2) is 4.39 Å². The Kier molecular flexibility index (Phi) is 2.02. The van der Waals surface area contributed by atoms with E-state index in [4.69, 9.17) is 12.2 Å². The van der Waals surface area contributed by atoms with Gasteiger partial charge in [-0.2, -0.15) is 0 Å². The van der Waals surface area contributed by atoms with E-state index in [1.54, 1.807) is 6.07 Å². The summed E-state index contributed by atoms with van der Waals surface area (Å²) in [7, 11) is 0. The van der Waals surface area contributed by atoms with E-state index in [0.717, 1.165) is 11.3 Å². The van der Waals surface area contributed by atoms with Gasteiger partial charge in [0.25, 0.3) is 0 Å². The molecule has 4 heteroatoms. The third kappa shape index (κ3) is 1.32. The maximum atomic E-state index is 13.1. The highest BCUT2D eigenvalue weighted by atomic mass is 32.2. The van der Waals surface area contributed by atoms with Gasteiger partial charge in [0.1, 0.15) is 10.1 Å². The number of para-hydroxylation sites is 1. The van der Waals surface area contributed by atoms with Crippen molar-refractivity contribution in [3.05, 3.63) is 29.6 Å². The van der Waals surface area contributed by atoms with E-state index in [0.29, 0.717) is 10.0 Å². The summed E-state index contributed by atoms with van der Waals surface area (Å²) in [4.78, 5) is 0. The van der Waals surface area contributed by atoms with Crippen LogP contribution in [-0.4, -0.2) is 4.32 Å². The Balaban J connectivity index is 2.50. The second kappa shape index (κ2) is 3.03. The van der Waals surface area contributed by atoms with Crippen molar-refractivity contribution < 1.29 is 4.39 Å². The first kappa shape index (κ1) is 8.01. The van der Waals surface area contributed by atoms with Gasteiger partial charge in [-0.15, -0.1) is 0 Å². The smallest absolute Gasteiger partial charge is 0.146 e. The molecule has 0 saturated heterocycles. The van der Waals surface area contributed by atoms with Gasteiger partial charge in [0.2, 0.25) is 0 Å². The summed E-state index contributed by atoms with van der Waals surface area (Å²) in [6.45, 7) is 0. The normalized spacial score (nSPS) is 15.2. The largest absolute Gasteiger partial charge is 0.339 e. The zero-order chi connectivity index (χ0) is 8.55. The number of hydrogen-bond acceptors (Lipinski definition) is 2. The highest BCUT2D eigenvalue weighted by Gasteiger charge is 2.15.